The Morgan fingerprint density at radius 1 is 1.50 bits per heavy atom. The zero-order valence-corrected chi connectivity index (χ0v) is 10.5. The van der Waals surface area contributed by atoms with Crippen molar-refractivity contribution in [2.45, 2.75) is 46.1 Å². The van der Waals surface area contributed by atoms with Crippen molar-refractivity contribution in [3.63, 3.8) is 0 Å². The summed E-state index contributed by atoms with van der Waals surface area (Å²) in [5.74, 6) is 3.20. The van der Waals surface area contributed by atoms with Crippen molar-refractivity contribution in [3.05, 3.63) is 11.6 Å². The minimum absolute atomic E-state index is 0.456. The third-order valence-electron chi connectivity index (χ3n) is 3.15. The van der Waals surface area contributed by atoms with Crippen molar-refractivity contribution < 1.29 is 0 Å². The van der Waals surface area contributed by atoms with Crippen molar-refractivity contribution in [3.8, 4) is 0 Å². The molecular weight excluding hydrogens is 200 g/mol. The van der Waals surface area contributed by atoms with E-state index in [-0.39, 0.29) is 0 Å². The molecule has 90 valence electrons. The van der Waals surface area contributed by atoms with Crippen LogP contribution >= 0.6 is 0 Å². The van der Waals surface area contributed by atoms with Gasteiger partial charge in [0.25, 0.3) is 0 Å². The predicted molar refractivity (Wildman–Crippen MR) is 64.4 cm³/mol. The van der Waals surface area contributed by atoms with Crippen molar-refractivity contribution in [1.82, 2.24) is 20.1 Å². The molecule has 1 N–H and O–H groups in total. The monoisotopic (exact) mass is 222 g/mol. The molecule has 0 amide bonds. The number of hydrogen-bond acceptors (Lipinski definition) is 3. The number of aryl methyl sites for hydroxylation is 1. The lowest BCUT2D eigenvalue weighted by atomic mass is 10.00. The Hall–Kier alpha value is -0.900. The molecule has 1 unspecified atom stereocenters. The summed E-state index contributed by atoms with van der Waals surface area (Å²) in [6.07, 6.45) is 2.60. The van der Waals surface area contributed by atoms with Gasteiger partial charge in [0, 0.05) is 12.5 Å². The first-order chi connectivity index (χ1) is 7.66. The molecule has 1 aromatic heterocycles. The Labute approximate surface area is 97.5 Å². The Morgan fingerprint density at radius 2 is 2.31 bits per heavy atom. The maximum atomic E-state index is 4.51. The van der Waals surface area contributed by atoms with E-state index < -0.39 is 0 Å². The lowest BCUT2D eigenvalue weighted by Gasteiger charge is -2.23. The van der Waals surface area contributed by atoms with E-state index in [1.807, 2.05) is 6.92 Å². The summed E-state index contributed by atoms with van der Waals surface area (Å²) >= 11 is 0. The Morgan fingerprint density at radius 3 is 2.94 bits per heavy atom. The summed E-state index contributed by atoms with van der Waals surface area (Å²) in [7, 11) is 0. The van der Waals surface area contributed by atoms with E-state index in [0.717, 1.165) is 24.7 Å². The summed E-state index contributed by atoms with van der Waals surface area (Å²) in [6.45, 7) is 9.64. The Bertz CT molecular complexity index is 337. The molecule has 4 nitrogen and oxygen atoms in total. The fourth-order valence-electron chi connectivity index (χ4n) is 2.36. The fourth-order valence-corrected chi connectivity index (χ4v) is 2.36. The molecule has 0 radical (unpaired) electrons. The normalized spacial score (nSPS) is 21.6. The molecule has 1 atom stereocenters. The van der Waals surface area contributed by atoms with E-state index in [0.29, 0.717) is 11.8 Å². The number of hydrogen-bond donors (Lipinski definition) is 1. The van der Waals surface area contributed by atoms with Crippen LogP contribution in [0.2, 0.25) is 0 Å². The Balaban J connectivity index is 2.07. The smallest absolute Gasteiger partial charge is 0.147 e. The van der Waals surface area contributed by atoms with Crippen LogP contribution in [0.3, 0.4) is 0 Å². The van der Waals surface area contributed by atoms with Crippen molar-refractivity contribution >= 4 is 0 Å². The van der Waals surface area contributed by atoms with Gasteiger partial charge < -0.3 is 5.32 Å². The van der Waals surface area contributed by atoms with Crippen LogP contribution in [0.25, 0.3) is 0 Å². The number of rotatable bonds is 3. The van der Waals surface area contributed by atoms with Gasteiger partial charge in [-0.15, -0.1) is 0 Å². The standard InChI is InChI=1S/C12H22N4/c1-9(2)12-14-10(3)15-16(12)8-11-5-4-6-13-7-11/h9,11,13H,4-8H2,1-3H3. The van der Waals surface area contributed by atoms with Crippen LogP contribution in [-0.4, -0.2) is 27.9 Å². The van der Waals surface area contributed by atoms with Crippen LogP contribution in [0.4, 0.5) is 0 Å². The minimum atomic E-state index is 0.456. The maximum Gasteiger partial charge on any atom is 0.147 e. The second-order valence-corrected chi connectivity index (χ2v) is 5.07. The van der Waals surface area contributed by atoms with Gasteiger partial charge in [0.05, 0.1) is 0 Å². The molecule has 1 aromatic rings. The second-order valence-electron chi connectivity index (χ2n) is 5.07. The summed E-state index contributed by atoms with van der Waals surface area (Å²) < 4.78 is 2.11. The molecular formula is C12H22N4. The van der Waals surface area contributed by atoms with Crippen LogP contribution in [0.1, 0.15) is 44.3 Å². The summed E-state index contributed by atoms with van der Waals surface area (Å²) in [5, 5.41) is 7.95. The topological polar surface area (TPSA) is 42.7 Å². The molecule has 1 aliphatic rings. The molecule has 0 bridgehead atoms. The molecule has 0 spiro atoms. The van der Waals surface area contributed by atoms with Crippen LogP contribution in [-0.2, 0) is 6.54 Å². The lowest BCUT2D eigenvalue weighted by Crippen LogP contribution is -2.32. The molecule has 4 heteroatoms. The first-order valence-electron chi connectivity index (χ1n) is 6.29. The summed E-state index contributed by atoms with van der Waals surface area (Å²) in [5.41, 5.74) is 0. The molecule has 2 rings (SSSR count). The first kappa shape index (κ1) is 11.6. The van der Waals surface area contributed by atoms with Gasteiger partial charge >= 0.3 is 0 Å². The molecule has 1 fully saturated rings. The lowest BCUT2D eigenvalue weighted by molar-refractivity contribution is 0.318. The highest BCUT2D eigenvalue weighted by atomic mass is 15.3. The van der Waals surface area contributed by atoms with Gasteiger partial charge in [0.15, 0.2) is 0 Å². The van der Waals surface area contributed by atoms with E-state index in [1.165, 1.54) is 19.4 Å². The molecule has 0 saturated carbocycles. The highest BCUT2D eigenvalue weighted by Gasteiger charge is 2.17. The third-order valence-corrected chi connectivity index (χ3v) is 3.15. The van der Waals surface area contributed by atoms with Crippen LogP contribution in [0, 0.1) is 12.8 Å². The van der Waals surface area contributed by atoms with Crippen molar-refractivity contribution in [1.29, 1.82) is 0 Å². The van der Waals surface area contributed by atoms with Gasteiger partial charge in [-0.2, -0.15) is 5.10 Å². The zero-order chi connectivity index (χ0) is 11.5. The minimum Gasteiger partial charge on any atom is -0.316 e. The molecule has 1 aliphatic heterocycles. The Kier molecular flexibility index (Phi) is 3.59. The van der Waals surface area contributed by atoms with Gasteiger partial charge in [-0.05, 0) is 38.8 Å². The second kappa shape index (κ2) is 4.95. The van der Waals surface area contributed by atoms with Crippen LogP contribution in [0.5, 0.6) is 0 Å². The summed E-state index contributed by atoms with van der Waals surface area (Å²) in [4.78, 5) is 4.51. The molecule has 2 heterocycles. The molecule has 1 saturated heterocycles. The van der Waals surface area contributed by atoms with E-state index >= 15 is 0 Å². The van der Waals surface area contributed by atoms with Crippen LogP contribution < -0.4 is 5.32 Å². The maximum absolute atomic E-state index is 4.51. The molecule has 0 aliphatic carbocycles. The average Bonchev–Trinajstić information content (AvgIpc) is 2.61. The summed E-state index contributed by atoms with van der Waals surface area (Å²) in [6, 6.07) is 0. The van der Waals surface area contributed by atoms with Gasteiger partial charge in [-0.3, -0.25) is 0 Å². The first-order valence-corrected chi connectivity index (χ1v) is 6.29. The van der Waals surface area contributed by atoms with E-state index in [1.54, 1.807) is 0 Å². The SMILES string of the molecule is Cc1nc(C(C)C)n(CC2CCCNC2)n1. The predicted octanol–water partition coefficient (Wildman–Crippen LogP) is 1.71. The number of nitrogens with zero attached hydrogens (tertiary/aromatic N) is 3. The highest BCUT2D eigenvalue weighted by molar-refractivity contribution is 4.96. The largest absolute Gasteiger partial charge is 0.316 e. The van der Waals surface area contributed by atoms with Crippen molar-refractivity contribution in [2.24, 2.45) is 5.92 Å². The number of aromatic nitrogens is 3. The van der Waals surface area contributed by atoms with Gasteiger partial charge in [0.2, 0.25) is 0 Å². The van der Waals surface area contributed by atoms with E-state index in [4.69, 9.17) is 0 Å². The molecule has 0 aromatic carbocycles. The van der Waals surface area contributed by atoms with Gasteiger partial charge in [-0.25, -0.2) is 9.67 Å². The van der Waals surface area contributed by atoms with E-state index in [9.17, 15) is 0 Å². The number of piperidine rings is 1. The van der Waals surface area contributed by atoms with Crippen LogP contribution in [0.15, 0.2) is 0 Å². The third kappa shape index (κ3) is 2.61. The quantitative estimate of drug-likeness (QED) is 0.846. The fraction of sp³-hybridized carbons (Fsp3) is 0.833. The highest BCUT2D eigenvalue weighted by Crippen LogP contribution is 2.17. The van der Waals surface area contributed by atoms with Gasteiger partial charge in [0.1, 0.15) is 11.6 Å². The van der Waals surface area contributed by atoms with E-state index in [2.05, 4.69) is 33.9 Å². The zero-order valence-electron chi connectivity index (χ0n) is 10.5. The molecule has 16 heavy (non-hydrogen) atoms. The average molecular weight is 222 g/mol. The number of nitrogens with one attached hydrogen (secondary N) is 1. The van der Waals surface area contributed by atoms with Gasteiger partial charge in [-0.1, -0.05) is 13.8 Å². The van der Waals surface area contributed by atoms with Crippen molar-refractivity contribution in [2.75, 3.05) is 13.1 Å².